The Morgan fingerprint density at radius 2 is 1.61 bits per heavy atom. The topological polar surface area (TPSA) is 65.0 Å². The summed E-state index contributed by atoms with van der Waals surface area (Å²) in [5, 5.41) is 9.81. The molecule has 2 saturated carbocycles. The number of aliphatic carboxylic acids is 1. The van der Waals surface area contributed by atoms with Crippen molar-refractivity contribution < 1.29 is 24.1 Å². The summed E-state index contributed by atoms with van der Waals surface area (Å²) in [4.78, 5) is 12.0. The van der Waals surface area contributed by atoms with Gasteiger partial charge < -0.3 is 19.3 Å². The molecule has 1 aromatic rings. The van der Waals surface area contributed by atoms with Crippen molar-refractivity contribution in [2.75, 3.05) is 7.11 Å². The summed E-state index contributed by atoms with van der Waals surface area (Å²) in [6, 6.07) is 3.88. The van der Waals surface area contributed by atoms with Crippen molar-refractivity contribution in [1.29, 1.82) is 0 Å². The molecule has 4 rings (SSSR count). The monoisotopic (exact) mass is 388 g/mol. The second-order valence-corrected chi connectivity index (χ2v) is 8.69. The van der Waals surface area contributed by atoms with Gasteiger partial charge in [0.1, 0.15) is 17.1 Å². The van der Waals surface area contributed by atoms with E-state index in [1.807, 2.05) is 12.1 Å². The van der Waals surface area contributed by atoms with Gasteiger partial charge in [0.2, 0.25) is 0 Å². The van der Waals surface area contributed by atoms with Crippen molar-refractivity contribution >= 4 is 5.97 Å². The molecule has 0 amide bonds. The number of hydrogen-bond acceptors (Lipinski definition) is 4. The lowest BCUT2D eigenvalue weighted by atomic mass is 9.62. The van der Waals surface area contributed by atoms with Crippen LogP contribution in [0, 0.1) is 18.8 Å². The summed E-state index contributed by atoms with van der Waals surface area (Å²) < 4.78 is 17.8. The number of fused-ring (bicyclic) bond motifs is 1. The van der Waals surface area contributed by atoms with E-state index in [9.17, 15) is 9.90 Å². The van der Waals surface area contributed by atoms with Crippen LogP contribution in [0.1, 0.15) is 75.3 Å². The van der Waals surface area contributed by atoms with Gasteiger partial charge in [-0.2, -0.15) is 0 Å². The summed E-state index contributed by atoms with van der Waals surface area (Å²) in [7, 11) is 1.63. The molecule has 5 heteroatoms. The number of carboxylic acids is 1. The molecule has 1 aromatic carbocycles. The van der Waals surface area contributed by atoms with Crippen LogP contribution >= 0.6 is 0 Å². The van der Waals surface area contributed by atoms with Crippen molar-refractivity contribution in [3.63, 3.8) is 0 Å². The smallest absolute Gasteiger partial charge is 0.373 e. The molecule has 1 unspecified atom stereocenters. The molecule has 1 atom stereocenters. The van der Waals surface area contributed by atoms with E-state index in [2.05, 4.69) is 6.92 Å². The summed E-state index contributed by atoms with van der Waals surface area (Å²) >= 11 is 0. The fourth-order valence-electron chi connectivity index (χ4n) is 5.91. The highest BCUT2D eigenvalue weighted by Crippen LogP contribution is 2.57. The van der Waals surface area contributed by atoms with Crippen LogP contribution in [0.5, 0.6) is 11.5 Å². The largest absolute Gasteiger partial charge is 0.497 e. The maximum absolute atomic E-state index is 12.0. The Labute approximate surface area is 167 Å². The number of methoxy groups -OCH3 is 1. The van der Waals surface area contributed by atoms with Crippen LogP contribution in [0.4, 0.5) is 0 Å². The van der Waals surface area contributed by atoms with Crippen molar-refractivity contribution in [2.45, 2.75) is 83.0 Å². The molecule has 0 aromatic heterocycles. The first-order chi connectivity index (χ1) is 13.6. The molecule has 1 aliphatic heterocycles. The lowest BCUT2D eigenvalue weighted by molar-refractivity contribution is -0.252. The number of rotatable bonds is 4. The number of benzene rings is 1. The zero-order valence-electron chi connectivity index (χ0n) is 17.0. The molecule has 1 heterocycles. The van der Waals surface area contributed by atoms with Gasteiger partial charge in [0.15, 0.2) is 0 Å². The molecule has 2 aliphatic carbocycles. The standard InChI is InChI=1S/C23H32O5/c1-15-13-18(26-2)14-19-20(15)23(16-9-5-3-6-10-16,17-11-7-4-8-12-17)28-22(27-19)21(24)25/h13-14,16-17,22H,3-12H2,1-2H3,(H,24,25). The molecule has 0 bridgehead atoms. The van der Waals surface area contributed by atoms with Crippen LogP contribution in [-0.4, -0.2) is 24.5 Å². The average molecular weight is 389 g/mol. The Morgan fingerprint density at radius 1 is 1.04 bits per heavy atom. The van der Waals surface area contributed by atoms with E-state index in [0.717, 1.165) is 36.8 Å². The molecular weight excluding hydrogens is 356 g/mol. The number of carbonyl (C=O) groups is 1. The Bertz CT molecular complexity index is 698. The molecule has 5 nitrogen and oxygen atoms in total. The van der Waals surface area contributed by atoms with Crippen molar-refractivity contribution in [3.8, 4) is 11.5 Å². The van der Waals surface area contributed by atoms with Crippen molar-refractivity contribution in [1.82, 2.24) is 0 Å². The predicted molar refractivity (Wildman–Crippen MR) is 106 cm³/mol. The fraction of sp³-hybridized carbons (Fsp3) is 0.696. The van der Waals surface area contributed by atoms with E-state index >= 15 is 0 Å². The zero-order valence-corrected chi connectivity index (χ0v) is 17.0. The SMILES string of the molecule is COc1cc(C)c2c(c1)OC(C(=O)O)OC2(C1CCCCC1)C1CCCCC1. The van der Waals surface area contributed by atoms with Crippen molar-refractivity contribution in [3.05, 3.63) is 23.3 Å². The van der Waals surface area contributed by atoms with Crippen molar-refractivity contribution in [2.24, 2.45) is 11.8 Å². The highest BCUT2D eigenvalue weighted by atomic mass is 16.7. The molecule has 0 radical (unpaired) electrons. The van der Waals surface area contributed by atoms with Gasteiger partial charge in [-0.15, -0.1) is 0 Å². The van der Waals surface area contributed by atoms with Gasteiger partial charge in [0.05, 0.1) is 7.11 Å². The van der Waals surface area contributed by atoms with E-state index in [1.54, 1.807) is 7.11 Å². The zero-order chi connectivity index (χ0) is 19.7. The molecule has 1 N–H and O–H groups in total. The molecule has 3 aliphatic rings. The average Bonchev–Trinajstić information content (AvgIpc) is 2.73. The third-order valence-corrected chi connectivity index (χ3v) is 7.06. The maximum atomic E-state index is 12.0. The van der Waals surface area contributed by atoms with Crippen LogP contribution in [0.3, 0.4) is 0 Å². The van der Waals surface area contributed by atoms with Gasteiger partial charge in [-0.1, -0.05) is 38.5 Å². The highest BCUT2D eigenvalue weighted by Gasteiger charge is 2.55. The van der Waals surface area contributed by atoms with Crippen LogP contribution in [0.25, 0.3) is 0 Å². The number of aryl methyl sites for hydroxylation is 1. The number of hydrogen-bond donors (Lipinski definition) is 1. The van der Waals surface area contributed by atoms with E-state index in [1.165, 1.54) is 38.5 Å². The summed E-state index contributed by atoms with van der Waals surface area (Å²) in [5.41, 5.74) is 1.58. The third-order valence-electron chi connectivity index (χ3n) is 7.06. The summed E-state index contributed by atoms with van der Waals surface area (Å²) in [6.07, 6.45) is 10.4. The first-order valence-electron chi connectivity index (χ1n) is 10.8. The minimum Gasteiger partial charge on any atom is -0.497 e. The van der Waals surface area contributed by atoms with Crippen LogP contribution in [-0.2, 0) is 15.1 Å². The lowest BCUT2D eigenvalue weighted by Gasteiger charge is -2.53. The normalized spacial score (nSPS) is 25.6. The molecule has 0 spiro atoms. The minimum absolute atomic E-state index is 0.334. The van der Waals surface area contributed by atoms with Gasteiger partial charge in [-0.25, -0.2) is 4.79 Å². The van der Waals surface area contributed by atoms with Gasteiger partial charge in [-0.05, 0) is 56.1 Å². The van der Waals surface area contributed by atoms with Gasteiger partial charge in [0, 0.05) is 11.6 Å². The maximum Gasteiger partial charge on any atom is 0.373 e. The molecular formula is C23H32O5. The van der Waals surface area contributed by atoms with Gasteiger partial charge in [-0.3, -0.25) is 0 Å². The molecule has 28 heavy (non-hydrogen) atoms. The van der Waals surface area contributed by atoms with E-state index in [-0.39, 0.29) is 0 Å². The first kappa shape index (κ1) is 19.6. The first-order valence-corrected chi connectivity index (χ1v) is 10.8. The molecule has 154 valence electrons. The number of ether oxygens (including phenoxy) is 3. The Kier molecular flexibility index (Phi) is 5.55. The summed E-state index contributed by atoms with van der Waals surface area (Å²) in [6.45, 7) is 2.08. The van der Waals surface area contributed by atoms with Crippen LogP contribution in [0.15, 0.2) is 12.1 Å². The van der Waals surface area contributed by atoms with E-state index in [0.29, 0.717) is 23.3 Å². The second-order valence-electron chi connectivity index (χ2n) is 8.69. The molecule has 0 saturated heterocycles. The highest BCUT2D eigenvalue weighted by molar-refractivity contribution is 5.72. The van der Waals surface area contributed by atoms with Gasteiger partial charge >= 0.3 is 5.97 Å². The van der Waals surface area contributed by atoms with Crippen LogP contribution < -0.4 is 9.47 Å². The lowest BCUT2D eigenvalue weighted by Crippen LogP contribution is -2.54. The predicted octanol–water partition coefficient (Wildman–Crippen LogP) is 5.18. The minimum atomic E-state index is -1.26. The van der Waals surface area contributed by atoms with E-state index < -0.39 is 17.9 Å². The van der Waals surface area contributed by atoms with Crippen LogP contribution in [0.2, 0.25) is 0 Å². The second kappa shape index (κ2) is 7.94. The fourth-order valence-corrected chi connectivity index (χ4v) is 5.91. The number of carboxylic acid groups (broad SMARTS) is 1. The third kappa shape index (κ3) is 3.28. The van der Waals surface area contributed by atoms with E-state index in [4.69, 9.17) is 14.2 Å². The Morgan fingerprint density at radius 3 is 2.11 bits per heavy atom. The quantitative estimate of drug-likeness (QED) is 0.770. The Hall–Kier alpha value is -1.75. The Balaban J connectivity index is 1.90. The van der Waals surface area contributed by atoms with Gasteiger partial charge in [0.25, 0.3) is 6.29 Å². The summed E-state index contributed by atoms with van der Waals surface area (Å²) in [5.74, 6) is 0.944. The molecule has 2 fully saturated rings.